The topological polar surface area (TPSA) is 91.3 Å². The van der Waals surface area contributed by atoms with E-state index in [2.05, 4.69) is 41.6 Å². The Morgan fingerprint density at radius 1 is 0.889 bits per heavy atom. The summed E-state index contributed by atoms with van der Waals surface area (Å²) in [6, 6.07) is 20.2. The van der Waals surface area contributed by atoms with E-state index >= 15 is 0 Å². The number of carboxylic acids is 1. The van der Waals surface area contributed by atoms with Gasteiger partial charge in [-0.15, -0.1) is 0 Å². The first-order valence-electron chi connectivity index (χ1n) is 12.8. The molecule has 2 saturated carbocycles. The maximum absolute atomic E-state index is 12.9. The van der Waals surface area contributed by atoms with Crippen LogP contribution in [0.4, 0.5) is 17.2 Å². The summed E-state index contributed by atoms with van der Waals surface area (Å²) in [4.78, 5) is 28.0. The number of nitrogens with zero attached hydrogens (tertiary/aromatic N) is 1. The van der Waals surface area contributed by atoms with Gasteiger partial charge in [-0.25, -0.2) is 9.78 Å². The standard InChI is InChI=1S/C30H33N3O3/c1-19-14-20-16-21(15-19)18-30(2,17-20)23-8-6-22(7-9-23)28(34)32-25-12-10-24(11-13-25)31-27-5-3-4-26(33-27)29(35)36/h3-13,19-21H,14-18H2,1-2H3,(H,31,33)(H,32,34)(H,35,36). The van der Waals surface area contributed by atoms with Crippen molar-refractivity contribution in [1.29, 1.82) is 0 Å². The van der Waals surface area contributed by atoms with Gasteiger partial charge in [0.25, 0.3) is 5.91 Å². The molecule has 3 aromatic rings. The second kappa shape index (κ2) is 9.76. The summed E-state index contributed by atoms with van der Waals surface area (Å²) >= 11 is 0. The second-order valence-corrected chi connectivity index (χ2v) is 11.0. The lowest BCUT2D eigenvalue weighted by molar-refractivity contribution is 0.0690. The molecule has 0 saturated heterocycles. The molecule has 2 bridgehead atoms. The Balaban J connectivity index is 1.21. The van der Waals surface area contributed by atoms with Crippen LogP contribution in [0.5, 0.6) is 0 Å². The van der Waals surface area contributed by atoms with Gasteiger partial charge in [0, 0.05) is 16.9 Å². The van der Waals surface area contributed by atoms with Gasteiger partial charge in [-0.1, -0.05) is 32.0 Å². The fourth-order valence-electron chi connectivity index (χ4n) is 6.46. The molecule has 3 N–H and O–H groups in total. The zero-order valence-corrected chi connectivity index (χ0v) is 20.8. The monoisotopic (exact) mass is 483 g/mol. The average molecular weight is 484 g/mol. The van der Waals surface area contributed by atoms with E-state index in [0.717, 1.165) is 23.4 Å². The number of fused-ring (bicyclic) bond motifs is 2. The SMILES string of the molecule is CC1CC2CC(C1)CC(C)(c1ccc(C(=O)Nc3ccc(Nc4cccc(C(=O)O)n4)cc3)cc1)C2. The summed E-state index contributed by atoms with van der Waals surface area (Å²) in [5.41, 5.74) is 3.59. The van der Waals surface area contributed by atoms with E-state index in [0.29, 0.717) is 17.1 Å². The van der Waals surface area contributed by atoms with Crippen LogP contribution < -0.4 is 10.6 Å². The van der Waals surface area contributed by atoms with E-state index in [1.165, 1.54) is 43.7 Å². The molecule has 2 aliphatic carbocycles. The minimum atomic E-state index is -1.07. The Bertz CT molecular complexity index is 1240. The molecular formula is C30H33N3O3. The predicted octanol–water partition coefficient (Wildman–Crippen LogP) is 6.88. The van der Waals surface area contributed by atoms with Crippen LogP contribution in [0.15, 0.2) is 66.7 Å². The summed E-state index contributed by atoms with van der Waals surface area (Å²) in [5, 5.41) is 15.1. The molecule has 6 heteroatoms. The van der Waals surface area contributed by atoms with E-state index in [1.54, 1.807) is 24.3 Å². The summed E-state index contributed by atoms with van der Waals surface area (Å²) in [6.45, 7) is 4.80. The van der Waals surface area contributed by atoms with Crippen LogP contribution in [0.1, 0.15) is 72.4 Å². The molecule has 0 aliphatic heterocycles. The Labute approximate surface area is 212 Å². The molecule has 186 valence electrons. The number of hydrogen-bond acceptors (Lipinski definition) is 4. The third kappa shape index (κ3) is 5.27. The number of carbonyl (C=O) groups is 2. The molecule has 1 aromatic heterocycles. The molecule has 5 rings (SSSR count). The highest BCUT2D eigenvalue weighted by atomic mass is 16.4. The highest BCUT2D eigenvalue weighted by Gasteiger charge is 2.41. The molecule has 2 fully saturated rings. The van der Waals surface area contributed by atoms with Gasteiger partial charge in [0.15, 0.2) is 5.69 Å². The highest BCUT2D eigenvalue weighted by molar-refractivity contribution is 6.04. The minimum Gasteiger partial charge on any atom is -0.477 e. The van der Waals surface area contributed by atoms with Crippen molar-refractivity contribution in [1.82, 2.24) is 4.98 Å². The van der Waals surface area contributed by atoms with Gasteiger partial charge in [0.05, 0.1) is 0 Å². The number of hydrogen-bond donors (Lipinski definition) is 3. The first-order valence-corrected chi connectivity index (χ1v) is 12.8. The molecule has 2 unspecified atom stereocenters. The van der Waals surface area contributed by atoms with E-state index in [4.69, 9.17) is 5.11 Å². The average Bonchev–Trinajstić information content (AvgIpc) is 2.84. The van der Waals surface area contributed by atoms with Crippen LogP contribution in [0.25, 0.3) is 0 Å². The van der Waals surface area contributed by atoms with Crippen LogP contribution in [0.3, 0.4) is 0 Å². The quantitative estimate of drug-likeness (QED) is 0.355. The Morgan fingerprint density at radius 2 is 1.53 bits per heavy atom. The van der Waals surface area contributed by atoms with Gasteiger partial charge in [-0.2, -0.15) is 0 Å². The zero-order valence-electron chi connectivity index (χ0n) is 20.8. The molecule has 2 atom stereocenters. The van der Waals surface area contributed by atoms with Crippen LogP contribution in [-0.2, 0) is 5.41 Å². The van der Waals surface area contributed by atoms with Crippen molar-refractivity contribution in [2.24, 2.45) is 17.8 Å². The number of aromatic carboxylic acids is 1. The number of carboxylic acid groups (broad SMARTS) is 1. The van der Waals surface area contributed by atoms with E-state index in [-0.39, 0.29) is 17.0 Å². The smallest absolute Gasteiger partial charge is 0.354 e. The fraction of sp³-hybridized carbons (Fsp3) is 0.367. The number of nitrogens with one attached hydrogen (secondary N) is 2. The Morgan fingerprint density at radius 3 is 2.17 bits per heavy atom. The number of rotatable bonds is 6. The third-order valence-corrected chi connectivity index (χ3v) is 7.84. The van der Waals surface area contributed by atoms with Crippen molar-refractivity contribution in [2.45, 2.75) is 51.4 Å². The van der Waals surface area contributed by atoms with Crippen molar-refractivity contribution in [3.05, 3.63) is 83.6 Å². The predicted molar refractivity (Wildman–Crippen MR) is 142 cm³/mol. The third-order valence-electron chi connectivity index (χ3n) is 7.84. The van der Waals surface area contributed by atoms with Crippen LogP contribution in [0, 0.1) is 17.8 Å². The number of carbonyl (C=O) groups excluding carboxylic acids is 1. The van der Waals surface area contributed by atoms with Crippen LogP contribution in [-0.4, -0.2) is 22.0 Å². The van der Waals surface area contributed by atoms with Gasteiger partial charge in [-0.05, 0) is 109 Å². The lowest BCUT2D eigenvalue weighted by Crippen LogP contribution is -2.38. The molecule has 2 aromatic carbocycles. The van der Waals surface area contributed by atoms with Crippen molar-refractivity contribution >= 4 is 29.1 Å². The van der Waals surface area contributed by atoms with Crippen LogP contribution >= 0.6 is 0 Å². The molecule has 36 heavy (non-hydrogen) atoms. The summed E-state index contributed by atoms with van der Waals surface area (Å²) < 4.78 is 0. The first kappa shape index (κ1) is 24.0. The Hall–Kier alpha value is -3.67. The lowest BCUT2D eigenvalue weighted by atomic mass is 9.57. The zero-order chi connectivity index (χ0) is 25.3. The van der Waals surface area contributed by atoms with Crippen molar-refractivity contribution in [2.75, 3.05) is 10.6 Å². The number of pyridine rings is 1. The van der Waals surface area contributed by atoms with Crippen LogP contribution in [0.2, 0.25) is 0 Å². The summed E-state index contributed by atoms with van der Waals surface area (Å²) in [5.74, 6) is 1.74. The largest absolute Gasteiger partial charge is 0.477 e. The highest BCUT2D eigenvalue weighted by Crippen LogP contribution is 2.51. The number of amides is 1. The molecule has 0 spiro atoms. The van der Waals surface area contributed by atoms with Crippen molar-refractivity contribution < 1.29 is 14.7 Å². The molecule has 1 heterocycles. The molecule has 2 aliphatic rings. The van der Waals surface area contributed by atoms with Gasteiger partial charge >= 0.3 is 5.97 Å². The molecule has 0 radical (unpaired) electrons. The van der Waals surface area contributed by atoms with E-state index in [1.807, 2.05) is 24.3 Å². The lowest BCUT2D eigenvalue weighted by Gasteiger charge is -2.47. The minimum absolute atomic E-state index is 0.0233. The number of aromatic nitrogens is 1. The van der Waals surface area contributed by atoms with Gasteiger partial charge < -0.3 is 15.7 Å². The van der Waals surface area contributed by atoms with Gasteiger partial charge in [0.2, 0.25) is 0 Å². The van der Waals surface area contributed by atoms with Gasteiger partial charge in [-0.3, -0.25) is 4.79 Å². The second-order valence-electron chi connectivity index (χ2n) is 11.0. The number of anilines is 3. The maximum Gasteiger partial charge on any atom is 0.354 e. The van der Waals surface area contributed by atoms with Crippen molar-refractivity contribution in [3.8, 4) is 0 Å². The number of benzene rings is 2. The van der Waals surface area contributed by atoms with E-state index in [9.17, 15) is 9.59 Å². The molecular weight excluding hydrogens is 450 g/mol. The normalized spacial score (nSPS) is 25.1. The summed E-state index contributed by atoms with van der Waals surface area (Å²) in [7, 11) is 0. The fourth-order valence-corrected chi connectivity index (χ4v) is 6.46. The van der Waals surface area contributed by atoms with E-state index < -0.39 is 5.97 Å². The molecule has 1 amide bonds. The maximum atomic E-state index is 12.9. The Kier molecular flexibility index (Phi) is 6.52. The molecule has 6 nitrogen and oxygen atoms in total. The first-order chi connectivity index (χ1) is 17.3. The summed E-state index contributed by atoms with van der Waals surface area (Å²) in [6.07, 6.45) is 6.59. The van der Waals surface area contributed by atoms with Crippen molar-refractivity contribution in [3.63, 3.8) is 0 Å². The van der Waals surface area contributed by atoms with Gasteiger partial charge in [0.1, 0.15) is 5.82 Å².